The Kier molecular flexibility index (Phi) is 4.91. The van der Waals surface area contributed by atoms with Crippen molar-refractivity contribution < 1.29 is 4.79 Å². The van der Waals surface area contributed by atoms with Gasteiger partial charge in [0.25, 0.3) is 0 Å². The highest BCUT2D eigenvalue weighted by atomic mass is 35.5. The third kappa shape index (κ3) is 4.66. The van der Waals surface area contributed by atoms with Gasteiger partial charge in [0.15, 0.2) is 0 Å². The van der Waals surface area contributed by atoms with Gasteiger partial charge in [0, 0.05) is 12.2 Å². The quantitative estimate of drug-likeness (QED) is 0.441. The summed E-state index contributed by atoms with van der Waals surface area (Å²) in [6, 6.07) is 0. The predicted octanol–water partition coefficient (Wildman–Crippen LogP) is 2.54. The van der Waals surface area contributed by atoms with Gasteiger partial charge in [-0.3, -0.25) is 4.79 Å². The third-order valence-electron chi connectivity index (χ3n) is 2.06. The molecule has 1 aliphatic carbocycles. The van der Waals surface area contributed by atoms with Crippen molar-refractivity contribution in [2.45, 2.75) is 6.42 Å². The van der Waals surface area contributed by atoms with E-state index in [1.165, 1.54) is 6.08 Å². The van der Waals surface area contributed by atoms with E-state index in [0.717, 1.165) is 18.7 Å². The van der Waals surface area contributed by atoms with Crippen molar-refractivity contribution in [3.63, 3.8) is 0 Å². The number of allylic oxidation sites excluding steroid dienone is 5. The molecule has 1 atom stereocenters. The Balaban J connectivity index is 2.41. The van der Waals surface area contributed by atoms with Gasteiger partial charge in [-0.25, -0.2) is 0 Å². The van der Waals surface area contributed by atoms with Crippen LogP contribution >= 0.6 is 11.6 Å². The largest absolute Gasteiger partial charge is 0.382 e. The number of hydrogen-bond donors (Lipinski definition) is 1. The Hall–Kier alpha value is -1.28. The summed E-state index contributed by atoms with van der Waals surface area (Å²) in [5, 5.41) is 2.77. The first-order valence-electron chi connectivity index (χ1n) is 4.83. The van der Waals surface area contributed by atoms with Crippen molar-refractivity contribution in [3.05, 3.63) is 48.7 Å². The third-order valence-corrected chi connectivity index (χ3v) is 2.18. The topological polar surface area (TPSA) is 29.1 Å². The van der Waals surface area contributed by atoms with Crippen LogP contribution in [0.25, 0.3) is 0 Å². The molecule has 2 nitrogen and oxygen atoms in total. The lowest BCUT2D eigenvalue weighted by molar-refractivity contribution is -0.107. The van der Waals surface area contributed by atoms with Crippen LogP contribution in [0.5, 0.6) is 0 Å². The highest BCUT2D eigenvalue weighted by Gasteiger charge is 2.04. The zero-order valence-corrected chi connectivity index (χ0v) is 9.20. The van der Waals surface area contributed by atoms with Crippen LogP contribution in [0.2, 0.25) is 0 Å². The van der Waals surface area contributed by atoms with Crippen LogP contribution in [0, 0.1) is 5.92 Å². The number of rotatable bonds is 5. The fourth-order valence-corrected chi connectivity index (χ4v) is 1.37. The van der Waals surface area contributed by atoms with E-state index in [2.05, 4.69) is 18.0 Å². The summed E-state index contributed by atoms with van der Waals surface area (Å²) in [5.41, 5.74) is 1.09. The average Bonchev–Trinajstić information content (AvgIpc) is 2.25. The van der Waals surface area contributed by atoms with Gasteiger partial charge in [0.1, 0.15) is 0 Å². The standard InChI is InChI=1S/C12H14ClNO/c1-2-9-14-11-6-3-10(4-7-11)5-8-12(13)15/h2-3,5-8,10,14H,1,4,9H2. The molecule has 1 unspecified atom stereocenters. The maximum atomic E-state index is 10.5. The highest BCUT2D eigenvalue weighted by molar-refractivity contribution is 6.66. The Morgan fingerprint density at radius 3 is 3.07 bits per heavy atom. The molecule has 0 bridgehead atoms. The highest BCUT2D eigenvalue weighted by Crippen LogP contribution is 2.16. The summed E-state index contributed by atoms with van der Waals surface area (Å²) in [6.45, 7) is 4.39. The smallest absolute Gasteiger partial charge is 0.244 e. The van der Waals surface area contributed by atoms with Crippen LogP contribution in [-0.4, -0.2) is 11.8 Å². The minimum absolute atomic E-state index is 0.266. The number of carbonyl (C=O) groups is 1. The minimum atomic E-state index is -0.428. The molecule has 0 aromatic rings. The van der Waals surface area contributed by atoms with Gasteiger partial charge >= 0.3 is 0 Å². The first kappa shape index (κ1) is 11.8. The molecule has 0 saturated heterocycles. The second kappa shape index (κ2) is 6.25. The van der Waals surface area contributed by atoms with Crippen molar-refractivity contribution in [2.75, 3.05) is 6.54 Å². The van der Waals surface area contributed by atoms with Crippen molar-refractivity contribution in [1.82, 2.24) is 5.32 Å². The summed E-state index contributed by atoms with van der Waals surface area (Å²) in [4.78, 5) is 10.5. The molecule has 1 rings (SSSR count). The van der Waals surface area contributed by atoms with E-state index < -0.39 is 5.24 Å². The van der Waals surface area contributed by atoms with E-state index in [1.54, 1.807) is 0 Å². The zero-order chi connectivity index (χ0) is 11.1. The monoisotopic (exact) mass is 223 g/mol. The number of nitrogens with one attached hydrogen (secondary N) is 1. The van der Waals surface area contributed by atoms with Crippen LogP contribution in [0.1, 0.15) is 6.42 Å². The van der Waals surface area contributed by atoms with E-state index in [4.69, 9.17) is 11.6 Å². The summed E-state index contributed by atoms with van der Waals surface area (Å²) >= 11 is 5.21. The van der Waals surface area contributed by atoms with Crippen LogP contribution in [-0.2, 0) is 4.79 Å². The maximum Gasteiger partial charge on any atom is 0.244 e. The van der Waals surface area contributed by atoms with Crippen molar-refractivity contribution >= 4 is 16.8 Å². The first-order chi connectivity index (χ1) is 7.22. The molecule has 15 heavy (non-hydrogen) atoms. The fraction of sp³-hybridized carbons (Fsp3) is 0.250. The van der Waals surface area contributed by atoms with E-state index >= 15 is 0 Å². The molecule has 0 heterocycles. The Labute approximate surface area is 95.0 Å². The molecule has 0 spiro atoms. The zero-order valence-electron chi connectivity index (χ0n) is 8.45. The van der Waals surface area contributed by atoms with Crippen LogP contribution < -0.4 is 5.32 Å². The number of hydrogen-bond acceptors (Lipinski definition) is 2. The van der Waals surface area contributed by atoms with E-state index in [9.17, 15) is 4.79 Å². The molecule has 0 aliphatic heterocycles. The van der Waals surface area contributed by atoms with Gasteiger partial charge in [0.05, 0.1) is 0 Å². The Bertz CT molecular complexity index is 329. The molecule has 80 valence electrons. The molecule has 0 fully saturated rings. The van der Waals surface area contributed by atoms with Gasteiger partial charge < -0.3 is 5.32 Å². The summed E-state index contributed by atoms with van der Waals surface area (Å²) in [7, 11) is 0. The lowest BCUT2D eigenvalue weighted by Crippen LogP contribution is -2.13. The average molecular weight is 224 g/mol. The van der Waals surface area contributed by atoms with Gasteiger partial charge in [-0.2, -0.15) is 0 Å². The van der Waals surface area contributed by atoms with Gasteiger partial charge in [0.2, 0.25) is 5.24 Å². The van der Waals surface area contributed by atoms with Crippen molar-refractivity contribution in [2.24, 2.45) is 5.92 Å². The molecular weight excluding hydrogens is 210 g/mol. The van der Waals surface area contributed by atoms with Gasteiger partial charge in [-0.05, 0) is 36.1 Å². The van der Waals surface area contributed by atoms with Crippen molar-refractivity contribution in [3.8, 4) is 0 Å². The molecule has 1 N–H and O–H groups in total. The second-order valence-electron chi connectivity index (χ2n) is 3.25. The molecule has 3 heteroatoms. The minimum Gasteiger partial charge on any atom is -0.382 e. The molecule has 0 radical (unpaired) electrons. The molecular formula is C12H14ClNO. The van der Waals surface area contributed by atoms with Crippen molar-refractivity contribution in [1.29, 1.82) is 0 Å². The molecule has 1 aliphatic rings. The number of halogens is 1. The number of carbonyl (C=O) groups excluding carboxylic acids is 1. The van der Waals surface area contributed by atoms with Crippen LogP contribution in [0.3, 0.4) is 0 Å². The predicted molar refractivity (Wildman–Crippen MR) is 63.5 cm³/mol. The first-order valence-corrected chi connectivity index (χ1v) is 5.21. The van der Waals surface area contributed by atoms with E-state index in [1.807, 2.05) is 24.3 Å². The van der Waals surface area contributed by atoms with Crippen LogP contribution in [0.4, 0.5) is 0 Å². The normalized spacial score (nSPS) is 20.1. The Morgan fingerprint density at radius 1 is 1.73 bits per heavy atom. The summed E-state index contributed by atoms with van der Waals surface area (Å²) < 4.78 is 0. The van der Waals surface area contributed by atoms with Gasteiger partial charge in [-0.1, -0.05) is 24.3 Å². The maximum absolute atomic E-state index is 10.5. The Morgan fingerprint density at radius 2 is 2.53 bits per heavy atom. The van der Waals surface area contributed by atoms with Gasteiger partial charge in [-0.15, -0.1) is 6.58 Å². The molecule has 0 aromatic carbocycles. The molecule has 0 amide bonds. The lowest BCUT2D eigenvalue weighted by Gasteiger charge is -2.13. The summed E-state index contributed by atoms with van der Waals surface area (Å²) in [6.07, 6.45) is 12.0. The molecule has 0 saturated carbocycles. The van der Waals surface area contributed by atoms with E-state index in [-0.39, 0.29) is 5.92 Å². The second-order valence-corrected chi connectivity index (χ2v) is 3.62. The summed E-state index contributed by atoms with van der Waals surface area (Å²) in [5.74, 6) is 0.266. The molecule has 0 aromatic heterocycles. The fourth-order valence-electron chi connectivity index (χ4n) is 1.30. The van der Waals surface area contributed by atoms with Crippen LogP contribution in [0.15, 0.2) is 48.7 Å². The lowest BCUT2D eigenvalue weighted by atomic mass is 9.99. The van der Waals surface area contributed by atoms with E-state index in [0.29, 0.717) is 0 Å². The SMILES string of the molecule is C=CCNC1=CCC(C=CC(=O)Cl)C=C1.